The topological polar surface area (TPSA) is 59.4 Å². The Morgan fingerprint density at radius 2 is 2.19 bits per heavy atom. The Hall–Kier alpha value is -1.12. The highest BCUT2D eigenvalue weighted by Gasteiger charge is 2.31. The molecule has 2 aliphatic heterocycles. The maximum Gasteiger partial charge on any atom is 0.223 e. The second-order valence-corrected chi connectivity index (χ2v) is 4.42. The molecule has 2 heterocycles. The highest BCUT2D eigenvalue weighted by molar-refractivity contribution is 5.79. The third-order valence-electron chi connectivity index (χ3n) is 3.37. The van der Waals surface area contributed by atoms with E-state index in [4.69, 9.17) is 5.26 Å². The van der Waals surface area contributed by atoms with Crippen LogP contribution in [-0.4, -0.2) is 61.0 Å². The Bertz CT molecular complexity index is 293. The second-order valence-electron chi connectivity index (χ2n) is 4.42. The SMILES string of the molecule is N#CCN1C(=O)CCC1CN1CCNCC1. The van der Waals surface area contributed by atoms with E-state index in [1.54, 1.807) is 4.90 Å². The van der Waals surface area contributed by atoms with Gasteiger partial charge in [-0.2, -0.15) is 5.26 Å². The van der Waals surface area contributed by atoms with Crippen LogP contribution in [0.5, 0.6) is 0 Å². The molecule has 1 amide bonds. The van der Waals surface area contributed by atoms with Crippen molar-refractivity contribution in [2.45, 2.75) is 18.9 Å². The van der Waals surface area contributed by atoms with Crippen LogP contribution in [0.25, 0.3) is 0 Å². The fourth-order valence-corrected chi connectivity index (χ4v) is 2.47. The Morgan fingerprint density at radius 3 is 2.88 bits per heavy atom. The summed E-state index contributed by atoms with van der Waals surface area (Å²) >= 11 is 0. The number of carbonyl (C=O) groups excluding carboxylic acids is 1. The summed E-state index contributed by atoms with van der Waals surface area (Å²) in [6.45, 7) is 5.32. The van der Waals surface area contributed by atoms with E-state index in [0.717, 1.165) is 39.1 Å². The summed E-state index contributed by atoms with van der Waals surface area (Å²) in [7, 11) is 0. The van der Waals surface area contributed by atoms with Crippen LogP contribution < -0.4 is 5.32 Å². The van der Waals surface area contributed by atoms with Crippen LogP contribution >= 0.6 is 0 Å². The first kappa shape index (κ1) is 11.4. The minimum atomic E-state index is 0.140. The minimum absolute atomic E-state index is 0.140. The van der Waals surface area contributed by atoms with Gasteiger partial charge in [-0.1, -0.05) is 0 Å². The third-order valence-corrected chi connectivity index (χ3v) is 3.37. The molecule has 1 N–H and O–H groups in total. The standard InChI is InChI=1S/C11H18N4O/c12-3-6-15-10(1-2-11(15)16)9-14-7-4-13-5-8-14/h10,13H,1-2,4-9H2. The van der Waals surface area contributed by atoms with Crippen molar-refractivity contribution in [2.75, 3.05) is 39.3 Å². The van der Waals surface area contributed by atoms with E-state index < -0.39 is 0 Å². The molecule has 0 spiro atoms. The van der Waals surface area contributed by atoms with Gasteiger partial charge in [0.1, 0.15) is 6.54 Å². The average Bonchev–Trinajstić information content (AvgIpc) is 2.64. The van der Waals surface area contributed by atoms with Crippen molar-refractivity contribution in [2.24, 2.45) is 0 Å². The molecule has 0 saturated carbocycles. The molecule has 2 aliphatic rings. The van der Waals surface area contributed by atoms with Gasteiger partial charge in [0.2, 0.25) is 5.91 Å². The Kier molecular flexibility index (Phi) is 3.75. The molecule has 5 nitrogen and oxygen atoms in total. The first-order chi connectivity index (χ1) is 7.81. The molecule has 1 unspecified atom stereocenters. The van der Waals surface area contributed by atoms with E-state index in [0.29, 0.717) is 6.42 Å². The van der Waals surface area contributed by atoms with Gasteiger partial charge >= 0.3 is 0 Å². The molecule has 0 radical (unpaired) electrons. The summed E-state index contributed by atoms with van der Waals surface area (Å²) in [5.74, 6) is 0.140. The molecule has 0 aromatic carbocycles. The molecule has 16 heavy (non-hydrogen) atoms. The van der Waals surface area contributed by atoms with Crippen molar-refractivity contribution in [3.8, 4) is 6.07 Å². The van der Waals surface area contributed by atoms with E-state index in [2.05, 4.69) is 16.3 Å². The van der Waals surface area contributed by atoms with Crippen molar-refractivity contribution >= 4 is 5.91 Å². The number of likely N-dealkylation sites (tertiary alicyclic amines) is 1. The maximum atomic E-state index is 11.6. The first-order valence-electron chi connectivity index (χ1n) is 5.91. The van der Waals surface area contributed by atoms with Gasteiger partial charge in [-0.05, 0) is 6.42 Å². The fourth-order valence-electron chi connectivity index (χ4n) is 2.47. The predicted octanol–water partition coefficient (Wildman–Crippen LogP) is -0.594. The molecule has 88 valence electrons. The van der Waals surface area contributed by atoms with E-state index in [1.165, 1.54) is 0 Å². The molecular weight excluding hydrogens is 204 g/mol. The van der Waals surface area contributed by atoms with Crippen LogP contribution in [-0.2, 0) is 4.79 Å². The molecular formula is C11H18N4O. The summed E-state index contributed by atoms with van der Waals surface area (Å²) in [4.78, 5) is 15.7. The van der Waals surface area contributed by atoms with Gasteiger partial charge in [0, 0.05) is 45.2 Å². The number of nitrogens with one attached hydrogen (secondary N) is 1. The summed E-state index contributed by atoms with van der Waals surface area (Å²) in [5.41, 5.74) is 0. The molecule has 0 bridgehead atoms. The zero-order valence-electron chi connectivity index (χ0n) is 9.48. The zero-order valence-corrected chi connectivity index (χ0v) is 9.48. The lowest BCUT2D eigenvalue weighted by molar-refractivity contribution is -0.128. The van der Waals surface area contributed by atoms with Crippen molar-refractivity contribution < 1.29 is 4.79 Å². The zero-order chi connectivity index (χ0) is 11.4. The van der Waals surface area contributed by atoms with Crippen LogP contribution in [0.1, 0.15) is 12.8 Å². The van der Waals surface area contributed by atoms with Crippen LogP contribution in [0.2, 0.25) is 0 Å². The van der Waals surface area contributed by atoms with E-state index in [-0.39, 0.29) is 18.5 Å². The molecule has 5 heteroatoms. The molecule has 2 saturated heterocycles. The number of amides is 1. The fraction of sp³-hybridized carbons (Fsp3) is 0.818. The Labute approximate surface area is 96.0 Å². The summed E-state index contributed by atoms with van der Waals surface area (Å²) in [6.07, 6.45) is 1.52. The lowest BCUT2D eigenvalue weighted by Gasteiger charge is -2.32. The van der Waals surface area contributed by atoms with Crippen molar-refractivity contribution in [3.05, 3.63) is 0 Å². The van der Waals surface area contributed by atoms with Gasteiger partial charge in [0.25, 0.3) is 0 Å². The lowest BCUT2D eigenvalue weighted by atomic mass is 10.2. The minimum Gasteiger partial charge on any atom is -0.325 e. The number of hydrogen-bond donors (Lipinski definition) is 1. The summed E-state index contributed by atoms with van der Waals surface area (Å²) in [6, 6.07) is 2.34. The van der Waals surface area contributed by atoms with Crippen LogP contribution in [0.15, 0.2) is 0 Å². The number of nitrogens with zero attached hydrogens (tertiary/aromatic N) is 3. The summed E-state index contributed by atoms with van der Waals surface area (Å²) < 4.78 is 0. The smallest absolute Gasteiger partial charge is 0.223 e. The van der Waals surface area contributed by atoms with Gasteiger partial charge < -0.3 is 10.2 Å². The quantitative estimate of drug-likeness (QED) is 0.648. The van der Waals surface area contributed by atoms with Crippen LogP contribution in [0.3, 0.4) is 0 Å². The van der Waals surface area contributed by atoms with Gasteiger partial charge in [0.15, 0.2) is 0 Å². The predicted molar refractivity (Wildman–Crippen MR) is 59.7 cm³/mol. The van der Waals surface area contributed by atoms with Crippen molar-refractivity contribution in [1.82, 2.24) is 15.1 Å². The van der Waals surface area contributed by atoms with E-state index >= 15 is 0 Å². The number of nitriles is 1. The largest absolute Gasteiger partial charge is 0.325 e. The first-order valence-corrected chi connectivity index (χ1v) is 5.91. The van der Waals surface area contributed by atoms with E-state index in [9.17, 15) is 4.79 Å². The number of piperazine rings is 1. The van der Waals surface area contributed by atoms with E-state index in [1.807, 2.05) is 0 Å². The number of rotatable bonds is 3. The number of carbonyl (C=O) groups is 1. The highest BCUT2D eigenvalue weighted by Crippen LogP contribution is 2.19. The van der Waals surface area contributed by atoms with Crippen molar-refractivity contribution in [1.29, 1.82) is 5.26 Å². The van der Waals surface area contributed by atoms with Gasteiger partial charge in [0.05, 0.1) is 6.07 Å². The van der Waals surface area contributed by atoms with Crippen LogP contribution in [0, 0.1) is 11.3 Å². The molecule has 2 rings (SSSR count). The van der Waals surface area contributed by atoms with Crippen LogP contribution in [0.4, 0.5) is 0 Å². The third kappa shape index (κ3) is 2.52. The average molecular weight is 222 g/mol. The molecule has 2 fully saturated rings. The highest BCUT2D eigenvalue weighted by atomic mass is 16.2. The lowest BCUT2D eigenvalue weighted by Crippen LogP contribution is -2.49. The molecule has 1 atom stereocenters. The van der Waals surface area contributed by atoms with Crippen molar-refractivity contribution in [3.63, 3.8) is 0 Å². The monoisotopic (exact) mass is 222 g/mol. The molecule has 0 aliphatic carbocycles. The summed E-state index contributed by atoms with van der Waals surface area (Å²) in [5, 5.41) is 12.0. The Morgan fingerprint density at radius 1 is 1.44 bits per heavy atom. The molecule has 0 aromatic rings. The maximum absolute atomic E-state index is 11.6. The molecule has 0 aromatic heterocycles. The second kappa shape index (κ2) is 5.28. The van der Waals surface area contributed by atoms with Gasteiger partial charge in [-0.25, -0.2) is 0 Å². The van der Waals surface area contributed by atoms with Gasteiger partial charge in [-0.3, -0.25) is 9.69 Å². The number of hydrogen-bond acceptors (Lipinski definition) is 4. The van der Waals surface area contributed by atoms with Gasteiger partial charge in [-0.15, -0.1) is 0 Å². The Balaban J connectivity index is 1.88. The normalized spacial score (nSPS) is 27.1.